The molecule has 0 bridgehead atoms. The zero-order chi connectivity index (χ0) is 10.4. The van der Waals surface area contributed by atoms with E-state index in [9.17, 15) is 0 Å². The Morgan fingerprint density at radius 2 is 2.00 bits per heavy atom. The number of nitrogens with zero attached hydrogens (tertiary/aromatic N) is 3. The Morgan fingerprint density at radius 3 is 2.50 bits per heavy atom. The van der Waals surface area contributed by atoms with Crippen LogP contribution in [-0.2, 0) is 13.0 Å². The molecule has 14 heavy (non-hydrogen) atoms. The molecule has 0 saturated carbocycles. The van der Waals surface area contributed by atoms with Crippen molar-refractivity contribution in [3.05, 3.63) is 18.2 Å². The summed E-state index contributed by atoms with van der Waals surface area (Å²) in [5.74, 6) is 0. The minimum absolute atomic E-state index is 1.03. The Kier molecular flexibility index (Phi) is 4.66. The van der Waals surface area contributed by atoms with Crippen molar-refractivity contribution < 1.29 is 0 Å². The van der Waals surface area contributed by atoms with E-state index < -0.39 is 0 Å². The average molecular weight is 195 g/mol. The van der Waals surface area contributed by atoms with Crippen LogP contribution < -0.4 is 0 Å². The van der Waals surface area contributed by atoms with Crippen molar-refractivity contribution in [3.63, 3.8) is 0 Å². The van der Waals surface area contributed by atoms with E-state index in [0.717, 1.165) is 32.6 Å². The van der Waals surface area contributed by atoms with Crippen LogP contribution in [-0.4, -0.2) is 34.1 Å². The van der Waals surface area contributed by atoms with Crippen molar-refractivity contribution in [1.29, 1.82) is 0 Å². The Hall–Kier alpha value is -0.830. The Balaban J connectivity index is 2.37. The van der Waals surface area contributed by atoms with Gasteiger partial charge in [0.05, 0.1) is 12.0 Å². The Bertz CT molecular complexity index is 251. The molecular weight excluding hydrogens is 174 g/mol. The molecule has 1 aromatic rings. The second-order valence-corrected chi connectivity index (χ2v) is 3.48. The molecule has 0 saturated heterocycles. The number of hydrogen-bond donors (Lipinski definition) is 0. The van der Waals surface area contributed by atoms with E-state index in [-0.39, 0.29) is 0 Å². The van der Waals surface area contributed by atoms with Crippen LogP contribution >= 0.6 is 0 Å². The molecule has 3 heteroatoms. The number of imidazole rings is 1. The Morgan fingerprint density at radius 1 is 1.29 bits per heavy atom. The van der Waals surface area contributed by atoms with E-state index in [1.54, 1.807) is 0 Å². The summed E-state index contributed by atoms with van der Waals surface area (Å²) in [6.45, 7) is 11.0. The first-order valence-electron chi connectivity index (χ1n) is 5.53. The van der Waals surface area contributed by atoms with Crippen molar-refractivity contribution in [2.75, 3.05) is 19.6 Å². The van der Waals surface area contributed by atoms with Gasteiger partial charge in [-0.15, -0.1) is 0 Å². The summed E-state index contributed by atoms with van der Waals surface area (Å²) in [6, 6.07) is 0. The lowest BCUT2D eigenvalue weighted by Gasteiger charge is -2.17. The standard InChI is InChI=1S/C11H21N3/c1-4-11-9-14(10-12-11)8-7-13(5-2)6-3/h9-10H,4-8H2,1-3H3. The van der Waals surface area contributed by atoms with Gasteiger partial charge in [-0.2, -0.15) is 0 Å². The van der Waals surface area contributed by atoms with Gasteiger partial charge < -0.3 is 9.47 Å². The van der Waals surface area contributed by atoms with Gasteiger partial charge >= 0.3 is 0 Å². The number of likely N-dealkylation sites (N-methyl/N-ethyl adjacent to an activating group) is 1. The predicted molar refractivity (Wildman–Crippen MR) is 59.4 cm³/mol. The fourth-order valence-corrected chi connectivity index (χ4v) is 1.51. The highest BCUT2D eigenvalue weighted by Gasteiger charge is 2.00. The largest absolute Gasteiger partial charge is 0.336 e. The number of rotatable bonds is 6. The fourth-order valence-electron chi connectivity index (χ4n) is 1.51. The van der Waals surface area contributed by atoms with Crippen LogP contribution in [0.4, 0.5) is 0 Å². The van der Waals surface area contributed by atoms with Crippen molar-refractivity contribution in [1.82, 2.24) is 14.5 Å². The van der Waals surface area contributed by atoms with Gasteiger partial charge in [0.1, 0.15) is 0 Å². The van der Waals surface area contributed by atoms with E-state index in [0.29, 0.717) is 0 Å². The Labute approximate surface area is 86.7 Å². The van der Waals surface area contributed by atoms with E-state index in [1.807, 2.05) is 6.33 Å². The third-order valence-corrected chi connectivity index (χ3v) is 2.62. The lowest BCUT2D eigenvalue weighted by atomic mass is 10.4. The first-order valence-corrected chi connectivity index (χ1v) is 5.53. The van der Waals surface area contributed by atoms with E-state index in [2.05, 4.69) is 41.4 Å². The molecular formula is C11H21N3. The van der Waals surface area contributed by atoms with Crippen LogP contribution in [0.25, 0.3) is 0 Å². The second kappa shape index (κ2) is 5.81. The smallest absolute Gasteiger partial charge is 0.0949 e. The lowest BCUT2D eigenvalue weighted by molar-refractivity contribution is 0.290. The van der Waals surface area contributed by atoms with Crippen LogP contribution in [0.2, 0.25) is 0 Å². The highest BCUT2D eigenvalue weighted by atomic mass is 15.1. The van der Waals surface area contributed by atoms with Gasteiger partial charge in [-0.25, -0.2) is 4.98 Å². The first kappa shape index (κ1) is 11.2. The van der Waals surface area contributed by atoms with Crippen molar-refractivity contribution >= 4 is 0 Å². The maximum Gasteiger partial charge on any atom is 0.0949 e. The van der Waals surface area contributed by atoms with Gasteiger partial charge in [-0.05, 0) is 19.5 Å². The van der Waals surface area contributed by atoms with E-state index >= 15 is 0 Å². The fraction of sp³-hybridized carbons (Fsp3) is 0.727. The highest BCUT2D eigenvalue weighted by Crippen LogP contribution is 1.97. The van der Waals surface area contributed by atoms with Crippen LogP contribution in [0.15, 0.2) is 12.5 Å². The zero-order valence-corrected chi connectivity index (χ0v) is 9.53. The highest BCUT2D eigenvalue weighted by molar-refractivity contribution is 4.95. The van der Waals surface area contributed by atoms with Crippen molar-refractivity contribution in [2.45, 2.75) is 33.7 Å². The molecule has 1 rings (SSSR count). The normalized spacial score (nSPS) is 11.1. The quantitative estimate of drug-likeness (QED) is 0.690. The van der Waals surface area contributed by atoms with Gasteiger partial charge in [-0.1, -0.05) is 20.8 Å². The predicted octanol–water partition coefficient (Wildman–Crippen LogP) is 1.79. The minimum atomic E-state index is 1.03. The molecule has 0 aromatic carbocycles. The summed E-state index contributed by atoms with van der Waals surface area (Å²) in [4.78, 5) is 6.73. The van der Waals surface area contributed by atoms with Crippen molar-refractivity contribution in [3.8, 4) is 0 Å². The summed E-state index contributed by atoms with van der Waals surface area (Å²) in [7, 11) is 0. The molecule has 1 heterocycles. The molecule has 0 unspecified atom stereocenters. The number of hydrogen-bond acceptors (Lipinski definition) is 2. The lowest BCUT2D eigenvalue weighted by Crippen LogP contribution is -2.26. The van der Waals surface area contributed by atoms with Gasteiger partial charge in [-0.3, -0.25) is 0 Å². The summed E-state index contributed by atoms with van der Waals surface area (Å²) < 4.78 is 2.18. The number of aryl methyl sites for hydroxylation is 1. The second-order valence-electron chi connectivity index (χ2n) is 3.48. The molecule has 0 fully saturated rings. The average Bonchev–Trinajstić information content (AvgIpc) is 2.67. The van der Waals surface area contributed by atoms with E-state index in [1.165, 1.54) is 5.69 Å². The molecule has 0 N–H and O–H groups in total. The molecule has 3 nitrogen and oxygen atoms in total. The minimum Gasteiger partial charge on any atom is -0.336 e. The molecule has 0 aliphatic carbocycles. The molecule has 0 spiro atoms. The SMILES string of the molecule is CCc1cn(CCN(CC)CC)cn1. The molecule has 0 amide bonds. The summed E-state index contributed by atoms with van der Waals surface area (Å²) in [5, 5.41) is 0. The van der Waals surface area contributed by atoms with Crippen LogP contribution in [0, 0.1) is 0 Å². The maximum atomic E-state index is 4.31. The molecule has 80 valence electrons. The van der Waals surface area contributed by atoms with Crippen molar-refractivity contribution in [2.24, 2.45) is 0 Å². The summed E-state index contributed by atoms with van der Waals surface area (Å²) in [5.41, 5.74) is 1.18. The topological polar surface area (TPSA) is 21.1 Å². The summed E-state index contributed by atoms with van der Waals surface area (Å²) in [6.07, 6.45) is 5.10. The monoisotopic (exact) mass is 195 g/mol. The molecule has 1 aromatic heterocycles. The third-order valence-electron chi connectivity index (χ3n) is 2.62. The first-order chi connectivity index (χ1) is 6.80. The molecule has 0 aliphatic rings. The molecule has 0 atom stereocenters. The summed E-state index contributed by atoms with van der Waals surface area (Å²) >= 11 is 0. The zero-order valence-electron chi connectivity index (χ0n) is 9.53. The van der Waals surface area contributed by atoms with Gasteiger partial charge in [0.25, 0.3) is 0 Å². The maximum absolute atomic E-state index is 4.31. The molecule has 0 radical (unpaired) electrons. The molecule has 0 aliphatic heterocycles. The van der Waals surface area contributed by atoms with Gasteiger partial charge in [0.15, 0.2) is 0 Å². The van der Waals surface area contributed by atoms with Crippen LogP contribution in [0.5, 0.6) is 0 Å². The number of aromatic nitrogens is 2. The van der Waals surface area contributed by atoms with Crippen LogP contribution in [0.1, 0.15) is 26.5 Å². The van der Waals surface area contributed by atoms with Crippen LogP contribution in [0.3, 0.4) is 0 Å². The van der Waals surface area contributed by atoms with Gasteiger partial charge in [0.2, 0.25) is 0 Å². The third kappa shape index (κ3) is 3.14. The van der Waals surface area contributed by atoms with E-state index in [4.69, 9.17) is 0 Å². The van der Waals surface area contributed by atoms with Gasteiger partial charge in [0, 0.05) is 19.3 Å².